The van der Waals surface area contributed by atoms with Gasteiger partial charge < -0.3 is 23.9 Å². The van der Waals surface area contributed by atoms with E-state index in [1.165, 1.54) is 27.6 Å². The number of methoxy groups -OCH3 is 3. The first kappa shape index (κ1) is 17.4. The predicted molar refractivity (Wildman–Crippen MR) is 85.1 cm³/mol. The zero-order chi connectivity index (χ0) is 17.5. The van der Waals surface area contributed by atoms with Gasteiger partial charge in [-0.25, -0.2) is 0 Å². The predicted octanol–water partition coefficient (Wildman–Crippen LogP) is 2.33. The summed E-state index contributed by atoms with van der Waals surface area (Å²) >= 11 is 0. The second-order valence-corrected chi connectivity index (χ2v) is 4.90. The van der Waals surface area contributed by atoms with Crippen molar-refractivity contribution in [2.75, 3.05) is 21.3 Å². The normalized spacial score (nSPS) is 11.5. The highest BCUT2D eigenvalue weighted by Gasteiger charge is 2.22. The van der Waals surface area contributed by atoms with Crippen LogP contribution >= 0.6 is 0 Å². The summed E-state index contributed by atoms with van der Waals surface area (Å²) in [6.45, 7) is 0. The molecule has 0 radical (unpaired) electrons. The van der Waals surface area contributed by atoms with Gasteiger partial charge in [-0.15, -0.1) is 0 Å². The number of furan rings is 1. The maximum atomic E-state index is 12.2. The molecular weight excluding hydrogens is 314 g/mol. The molecule has 0 unspecified atom stereocenters. The van der Waals surface area contributed by atoms with Gasteiger partial charge >= 0.3 is 5.97 Å². The number of rotatable bonds is 7. The molecule has 24 heavy (non-hydrogen) atoms. The number of carbonyl (C=O) groups excluding carboxylic acids is 2. The molecule has 0 aliphatic heterocycles. The molecule has 0 fully saturated rings. The lowest BCUT2D eigenvalue weighted by molar-refractivity contribution is -0.141. The number of hydrogen-bond donors (Lipinski definition) is 1. The van der Waals surface area contributed by atoms with Crippen LogP contribution in [0.2, 0.25) is 0 Å². The fourth-order valence-electron chi connectivity index (χ4n) is 2.21. The van der Waals surface area contributed by atoms with Crippen LogP contribution in [0.4, 0.5) is 0 Å². The van der Waals surface area contributed by atoms with Crippen LogP contribution in [-0.2, 0) is 9.53 Å². The lowest BCUT2D eigenvalue weighted by Crippen LogP contribution is -2.30. The van der Waals surface area contributed by atoms with Crippen LogP contribution in [0.25, 0.3) is 0 Å². The summed E-state index contributed by atoms with van der Waals surface area (Å²) in [6, 6.07) is 7.71. The van der Waals surface area contributed by atoms with Crippen molar-refractivity contribution in [1.29, 1.82) is 0 Å². The molecule has 1 N–H and O–H groups in total. The summed E-state index contributed by atoms with van der Waals surface area (Å²) < 4.78 is 20.2. The largest absolute Gasteiger partial charge is 0.493 e. The van der Waals surface area contributed by atoms with E-state index in [0.717, 1.165) is 0 Å². The van der Waals surface area contributed by atoms with Crippen LogP contribution in [0.3, 0.4) is 0 Å². The summed E-state index contributed by atoms with van der Waals surface area (Å²) in [4.78, 5) is 23.9. The van der Waals surface area contributed by atoms with Gasteiger partial charge in [0.1, 0.15) is 0 Å². The van der Waals surface area contributed by atoms with Crippen LogP contribution in [0.1, 0.15) is 28.6 Å². The summed E-state index contributed by atoms with van der Waals surface area (Å²) in [5, 5.41) is 2.76. The van der Waals surface area contributed by atoms with E-state index in [1.54, 1.807) is 30.3 Å². The minimum atomic E-state index is -0.602. The zero-order valence-corrected chi connectivity index (χ0v) is 13.7. The van der Waals surface area contributed by atoms with Crippen molar-refractivity contribution in [3.05, 3.63) is 47.9 Å². The van der Waals surface area contributed by atoms with Gasteiger partial charge in [-0.05, 0) is 29.8 Å². The Bertz CT molecular complexity index is 695. The summed E-state index contributed by atoms with van der Waals surface area (Å²) in [5.41, 5.74) is 0.679. The van der Waals surface area contributed by atoms with Gasteiger partial charge in [0.05, 0.1) is 40.1 Å². The first-order valence-corrected chi connectivity index (χ1v) is 7.22. The van der Waals surface area contributed by atoms with Crippen LogP contribution in [0, 0.1) is 0 Å². The fourth-order valence-corrected chi connectivity index (χ4v) is 2.21. The van der Waals surface area contributed by atoms with Gasteiger partial charge in [-0.2, -0.15) is 0 Å². The first-order chi connectivity index (χ1) is 11.6. The van der Waals surface area contributed by atoms with Crippen molar-refractivity contribution in [2.45, 2.75) is 12.5 Å². The van der Waals surface area contributed by atoms with Crippen LogP contribution < -0.4 is 14.8 Å². The van der Waals surface area contributed by atoms with E-state index >= 15 is 0 Å². The number of carbonyl (C=O) groups is 2. The quantitative estimate of drug-likeness (QED) is 0.783. The van der Waals surface area contributed by atoms with E-state index in [9.17, 15) is 9.59 Å². The van der Waals surface area contributed by atoms with Crippen molar-refractivity contribution in [3.8, 4) is 11.5 Å². The summed E-state index contributed by atoms with van der Waals surface area (Å²) in [5.74, 6) is 0.330. The molecule has 0 bridgehead atoms. The first-order valence-electron chi connectivity index (χ1n) is 7.22. The molecule has 1 aromatic heterocycles. The molecule has 0 spiro atoms. The molecule has 2 aromatic rings. The van der Waals surface area contributed by atoms with E-state index in [1.807, 2.05) is 0 Å². The highest BCUT2D eigenvalue weighted by atomic mass is 16.5. The topological polar surface area (TPSA) is 87.0 Å². The molecular formula is C17H19NO6. The third-order valence-electron chi connectivity index (χ3n) is 3.46. The highest BCUT2D eigenvalue weighted by molar-refractivity contribution is 5.92. The zero-order valence-electron chi connectivity index (χ0n) is 13.7. The number of esters is 1. The molecule has 2 rings (SSSR count). The SMILES string of the molecule is COC(=O)C[C@H](NC(=O)c1ccco1)c1ccc(OC)c(OC)c1. The maximum Gasteiger partial charge on any atom is 0.307 e. The van der Waals surface area contributed by atoms with Gasteiger partial charge in [0.25, 0.3) is 5.91 Å². The lowest BCUT2D eigenvalue weighted by Gasteiger charge is -2.19. The average Bonchev–Trinajstić information content (AvgIpc) is 3.15. The van der Waals surface area contributed by atoms with Gasteiger partial charge in [-0.1, -0.05) is 6.07 Å². The van der Waals surface area contributed by atoms with Crippen molar-refractivity contribution in [1.82, 2.24) is 5.32 Å². The molecule has 0 saturated carbocycles. The minimum Gasteiger partial charge on any atom is -0.493 e. The van der Waals surface area contributed by atoms with E-state index in [0.29, 0.717) is 17.1 Å². The lowest BCUT2D eigenvalue weighted by atomic mass is 10.0. The molecule has 7 heteroatoms. The van der Waals surface area contributed by atoms with Gasteiger partial charge in [0.15, 0.2) is 17.3 Å². The molecule has 0 saturated heterocycles. The van der Waals surface area contributed by atoms with E-state index in [4.69, 9.17) is 18.6 Å². The molecule has 1 atom stereocenters. The van der Waals surface area contributed by atoms with Crippen LogP contribution in [0.15, 0.2) is 41.0 Å². The molecule has 128 valence electrons. The standard InChI is InChI=1S/C17H19NO6/c1-21-13-7-6-11(9-15(13)22-2)12(10-16(19)23-3)18-17(20)14-5-4-8-24-14/h4-9,12H,10H2,1-3H3,(H,18,20)/t12-/m0/s1. The Labute approximate surface area is 139 Å². The average molecular weight is 333 g/mol. The van der Waals surface area contributed by atoms with Crippen molar-refractivity contribution >= 4 is 11.9 Å². The Hall–Kier alpha value is -2.96. The van der Waals surface area contributed by atoms with Crippen molar-refractivity contribution in [2.24, 2.45) is 0 Å². The van der Waals surface area contributed by atoms with Crippen molar-refractivity contribution in [3.63, 3.8) is 0 Å². The Morgan fingerprint density at radius 3 is 2.46 bits per heavy atom. The summed E-state index contributed by atoms with van der Waals surface area (Å²) in [7, 11) is 4.34. The number of hydrogen-bond acceptors (Lipinski definition) is 6. The fraction of sp³-hybridized carbons (Fsp3) is 0.294. The molecule has 1 aromatic carbocycles. The third kappa shape index (κ3) is 4.07. The van der Waals surface area contributed by atoms with Gasteiger partial charge in [-0.3, -0.25) is 9.59 Å². The summed E-state index contributed by atoms with van der Waals surface area (Å²) in [6.07, 6.45) is 1.37. The smallest absolute Gasteiger partial charge is 0.307 e. The molecule has 0 aliphatic carbocycles. The minimum absolute atomic E-state index is 0.0293. The Morgan fingerprint density at radius 1 is 1.12 bits per heavy atom. The second kappa shape index (κ2) is 8.05. The molecule has 0 aliphatic rings. The third-order valence-corrected chi connectivity index (χ3v) is 3.46. The Balaban J connectivity index is 2.28. The van der Waals surface area contributed by atoms with E-state index in [-0.39, 0.29) is 12.2 Å². The number of amides is 1. The highest BCUT2D eigenvalue weighted by Crippen LogP contribution is 2.31. The maximum absolute atomic E-state index is 12.2. The van der Waals surface area contributed by atoms with Crippen molar-refractivity contribution < 1.29 is 28.2 Å². The Kier molecular flexibility index (Phi) is 5.83. The van der Waals surface area contributed by atoms with Crippen LogP contribution in [-0.4, -0.2) is 33.2 Å². The van der Waals surface area contributed by atoms with Crippen LogP contribution in [0.5, 0.6) is 11.5 Å². The molecule has 7 nitrogen and oxygen atoms in total. The van der Waals surface area contributed by atoms with Gasteiger partial charge in [0, 0.05) is 0 Å². The molecule has 1 amide bonds. The second-order valence-electron chi connectivity index (χ2n) is 4.90. The molecule has 1 heterocycles. The number of nitrogens with one attached hydrogen (secondary N) is 1. The van der Waals surface area contributed by atoms with Gasteiger partial charge in [0.2, 0.25) is 0 Å². The van der Waals surface area contributed by atoms with E-state index in [2.05, 4.69) is 5.32 Å². The monoisotopic (exact) mass is 333 g/mol. The number of benzene rings is 1. The number of ether oxygens (including phenoxy) is 3. The van der Waals surface area contributed by atoms with E-state index < -0.39 is 17.9 Å². The Morgan fingerprint density at radius 2 is 1.88 bits per heavy atom.